The maximum absolute atomic E-state index is 13.9. The maximum atomic E-state index is 13.9. The lowest BCUT2D eigenvalue weighted by atomic mass is 9.77. The van der Waals surface area contributed by atoms with Crippen LogP contribution < -0.4 is 5.32 Å². The van der Waals surface area contributed by atoms with E-state index >= 15 is 0 Å². The van der Waals surface area contributed by atoms with Crippen molar-refractivity contribution in [3.63, 3.8) is 0 Å². The number of carbonyl (C=O) groups is 2. The van der Waals surface area contributed by atoms with Gasteiger partial charge in [0.15, 0.2) is 0 Å². The van der Waals surface area contributed by atoms with Crippen LogP contribution in [0.5, 0.6) is 0 Å². The SMILES string of the molecule is C[C@@H]1[C@H](C)CCC[C@@H]1NC(=O)[C@]1(C)Cn2c(cc3sccc32)C(=O)N1Cc1cccc(F)c1. The maximum Gasteiger partial charge on any atom is 0.271 e. The number of thiophene rings is 1. The molecular weight excluding hydrogens is 437 g/mol. The zero-order valence-electron chi connectivity index (χ0n) is 19.3. The fraction of sp³-hybridized carbons (Fsp3) is 0.462. The van der Waals surface area contributed by atoms with Crippen molar-refractivity contribution in [2.24, 2.45) is 11.8 Å². The Kier molecular flexibility index (Phi) is 5.55. The highest BCUT2D eigenvalue weighted by Gasteiger charge is 2.48. The Bertz CT molecular complexity index is 1220. The molecule has 174 valence electrons. The van der Waals surface area contributed by atoms with Gasteiger partial charge < -0.3 is 14.8 Å². The highest BCUT2D eigenvalue weighted by molar-refractivity contribution is 7.17. The number of fused-ring (bicyclic) bond motifs is 3. The Hall–Kier alpha value is -2.67. The molecule has 0 unspecified atom stereocenters. The van der Waals surface area contributed by atoms with Crippen molar-refractivity contribution in [3.8, 4) is 0 Å². The third-order valence-corrected chi connectivity index (χ3v) is 8.64. The molecular formula is C26H30FN3O2S. The Balaban J connectivity index is 1.53. The molecule has 1 N–H and O–H groups in total. The number of halogens is 1. The topological polar surface area (TPSA) is 54.3 Å². The van der Waals surface area contributed by atoms with E-state index in [1.54, 1.807) is 28.4 Å². The van der Waals surface area contributed by atoms with E-state index < -0.39 is 5.54 Å². The first-order valence-corrected chi connectivity index (χ1v) is 12.6. The minimum absolute atomic E-state index is 0.0939. The summed E-state index contributed by atoms with van der Waals surface area (Å²) in [5, 5.41) is 5.31. The van der Waals surface area contributed by atoms with E-state index in [2.05, 4.69) is 19.2 Å². The van der Waals surface area contributed by atoms with Crippen molar-refractivity contribution in [3.05, 3.63) is 58.9 Å². The molecule has 2 aliphatic rings. The molecule has 0 bridgehead atoms. The van der Waals surface area contributed by atoms with E-state index in [0.29, 0.717) is 29.6 Å². The zero-order chi connectivity index (χ0) is 23.3. The predicted octanol–water partition coefficient (Wildman–Crippen LogP) is 5.20. The van der Waals surface area contributed by atoms with Gasteiger partial charge in [-0.05, 0) is 60.4 Å². The summed E-state index contributed by atoms with van der Waals surface area (Å²) < 4.78 is 16.9. The highest BCUT2D eigenvalue weighted by Crippen LogP contribution is 2.36. The van der Waals surface area contributed by atoms with Crippen molar-refractivity contribution in [2.45, 2.75) is 64.7 Å². The monoisotopic (exact) mass is 467 g/mol. The van der Waals surface area contributed by atoms with Crippen LogP contribution in [-0.4, -0.2) is 32.9 Å². The molecule has 1 saturated carbocycles. The van der Waals surface area contributed by atoms with Crippen LogP contribution in [0.15, 0.2) is 41.8 Å². The van der Waals surface area contributed by atoms with Crippen molar-refractivity contribution in [1.82, 2.24) is 14.8 Å². The van der Waals surface area contributed by atoms with Crippen LogP contribution in [-0.2, 0) is 17.9 Å². The lowest BCUT2D eigenvalue weighted by molar-refractivity contribution is -0.134. The molecule has 7 heteroatoms. The number of hydrogen-bond donors (Lipinski definition) is 1. The predicted molar refractivity (Wildman–Crippen MR) is 129 cm³/mol. The Labute approximate surface area is 197 Å². The van der Waals surface area contributed by atoms with Gasteiger partial charge in [0.2, 0.25) is 5.91 Å². The van der Waals surface area contributed by atoms with Gasteiger partial charge in [0, 0.05) is 12.6 Å². The second-order valence-electron chi connectivity index (χ2n) is 9.93. The van der Waals surface area contributed by atoms with Gasteiger partial charge in [0.25, 0.3) is 5.91 Å². The minimum Gasteiger partial charge on any atom is -0.351 e. The van der Waals surface area contributed by atoms with Crippen molar-refractivity contribution in [1.29, 1.82) is 0 Å². The molecule has 1 aliphatic heterocycles. The van der Waals surface area contributed by atoms with Crippen molar-refractivity contribution < 1.29 is 14.0 Å². The van der Waals surface area contributed by atoms with Crippen LogP contribution in [0.4, 0.5) is 4.39 Å². The van der Waals surface area contributed by atoms with Gasteiger partial charge >= 0.3 is 0 Å². The molecule has 0 saturated heterocycles. The largest absolute Gasteiger partial charge is 0.351 e. The first-order valence-electron chi connectivity index (χ1n) is 11.7. The molecule has 2 aromatic heterocycles. The molecule has 5 rings (SSSR count). The van der Waals surface area contributed by atoms with Gasteiger partial charge in [0.1, 0.15) is 17.1 Å². The molecule has 0 radical (unpaired) electrons. The number of nitrogens with one attached hydrogen (secondary N) is 1. The van der Waals surface area contributed by atoms with Crippen LogP contribution in [0.2, 0.25) is 0 Å². The smallest absolute Gasteiger partial charge is 0.271 e. The van der Waals surface area contributed by atoms with Gasteiger partial charge in [-0.15, -0.1) is 11.3 Å². The number of nitrogens with zero attached hydrogens (tertiary/aromatic N) is 2. The second-order valence-corrected chi connectivity index (χ2v) is 10.9. The van der Waals surface area contributed by atoms with Crippen LogP contribution in [0, 0.1) is 17.7 Å². The highest BCUT2D eigenvalue weighted by atomic mass is 32.1. The molecule has 1 fully saturated rings. The van der Waals surface area contributed by atoms with Gasteiger partial charge in [-0.1, -0.05) is 38.8 Å². The quantitative estimate of drug-likeness (QED) is 0.574. The molecule has 1 aromatic carbocycles. The molecule has 33 heavy (non-hydrogen) atoms. The normalized spacial score (nSPS) is 27.6. The molecule has 1 aliphatic carbocycles. The van der Waals surface area contributed by atoms with Crippen LogP contribution in [0.3, 0.4) is 0 Å². The number of amides is 2. The molecule has 4 atom stereocenters. The van der Waals surface area contributed by atoms with E-state index in [0.717, 1.165) is 23.1 Å². The molecule has 0 spiro atoms. The molecule has 3 aromatic rings. The van der Waals surface area contributed by atoms with E-state index in [-0.39, 0.29) is 30.2 Å². The Morgan fingerprint density at radius 3 is 2.85 bits per heavy atom. The van der Waals surface area contributed by atoms with Crippen LogP contribution >= 0.6 is 11.3 Å². The first kappa shape index (κ1) is 22.1. The Morgan fingerprint density at radius 1 is 1.24 bits per heavy atom. The molecule has 3 heterocycles. The summed E-state index contributed by atoms with van der Waals surface area (Å²) in [5.41, 5.74) is 1.14. The van der Waals surface area contributed by atoms with E-state index in [9.17, 15) is 14.0 Å². The summed E-state index contributed by atoms with van der Waals surface area (Å²) in [4.78, 5) is 29.2. The van der Waals surface area contributed by atoms with Crippen LogP contribution in [0.1, 0.15) is 56.1 Å². The van der Waals surface area contributed by atoms with E-state index in [1.165, 1.54) is 18.6 Å². The summed E-state index contributed by atoms with van der Waals surface area (Å²) in [6.45, 7) is 6.83. The number of hydrogen-bond acceptors (Lipinski definition) is 3. The van der Waals surface area contributed by atoms with Crippen LogP contribution in [0.25, 0.3) is 10.2 Å². The van der Waals surface area contributed by atoms with E-state index in [1.807, 2.05) is 29.0 Å². The zero-order valence-corrected chi connectivity index (χ0v) is 20.1. The van der Waals surface area contributed by atoms with Crippen molar-refractivity contribution in [2.75, 3.05) is 0 Å². The fourth-order valence-electron chi connectivity index (χ4n) is 5.45. The minimum atomic E-state index is -1.09. The number of rotatable bonds is 4. The summed E-state index contributed by atoms with van der Waals surface area (Å²) >= 11 is 1.59. The number of aromatic nitrogens is 1. The van der Waals surface area contributed by atoms with E-state index in [4.69, 9.17) is 0 Å². The summed E-state index contributed by atoms with van der Waals surface area (Å²) in [6, 6.07) is 10.3. The lowest BCUT2D eigenvalue weighted by Gasteiger charge is -2.45. The number of carbonyl (C=O) groups excluding carboxylic acids is 2. The van der Waals surface area contributed by atoms with Gasteiger partial charge in [0.05, 0.1) is 16.8 Å². The summed E-state index contributed by atoms with van der Waals surface area (Å²) in [5.74, 6) is 0.247. The lowest BCUT2D eigenvalue weighted by Crippen LogP contribution is -2.65. The average Bonchev–Trinajstić information content (AvgIpc) is 3.37. The number of benzene rings is 1. The average molecular weight is 468 g/mol. The molecule has 2 amide bonds. The van der Waals surface area contributed by atoms with Crippen molar-refractivity contribution >= 4 is 33.4 Å². The fourth-order valence-corrected chi connectivity index (χ4v) is 6.27. The standard InChI is InChI=1S/C26H30FN3O2S/c1-16-6-4-9-20(17(16)2)28-25(32)26(3)15-29-21-10-11-33-23(21)13-22(29)24(31)30(26)14-18-7-5-8-19(27)12-18/h5,7-8,10-13,16-17,20H,4,6,9,14-15H2,1-3H3,(H,28,32)/t16-,17-,20+,26+/m1/s1. The third-order valence-electron chi connectivity index (χ3n) is 7.79. The second kappa shape index (κ2) is 8.28. The Morgan fingerprint density at radius 2 is 2.06 bits per heavy atom. The molecule has 5 nitrogen and oxygen atoms in total. The first-order chi connectivity index (χ1) is 15.8. The van der Waals surface area contributed by atoms with Gasteiger partial charge in [-0.25, -0.2) is 4.39 Å². The van der Waals surface area contributed by atoms with Gasteiger partial charge in [-0.2, -0.15) is 0 Å². The van der Waals surface area contributed by atoms with Gasteiger partial charge in [-0.3, -0.25) is 9.59 Å². The summed E-state index contributed by atoms with van der Waals surface area (Å²) in [7, 11) is 0. The summed E-state index contributed by atoms with van der Waals surface area (Å²) in [6.07, 6.45) is 3.23. The third kappa shape index (κ3) is 3.76.